The van der Waals surface area contributed by atoms with Crippen molar-refractivity contribution in [3.8, 4) is 62.3 Å². The van der Waals surface area contributed by atoms with Crippen molar-refractivity contribution in [2.45, 2.75) is 0 Å². The highest BCUT2D eigenvalue weighted by molar-refractivity contribution is 7.17. The van der Waals surface area contributed by atoms with E-state index in [4.69, 9.17) is 9.40 Å². The molecule has 402 valence electrons. The second-order valence-electron chi connectivity index (χ2n) is 21.8. The van der Waals surface area contributed by atoms with Crippen LogP contribution in [0.25, 0.3) is 83.1 Å². The van der Waals surface area contributed by atoms with Gasteiger partial charge in [-0.1, -0.05) is 261 Å². The molecule has 0 fully saturated rings. The van der Waals surface area contributed by atoms with Crippen molar-refractivity contribution in [3.63, 3.8) is 0 Å². The van der Waals surface area contributed by atoms with E-state index in [0.29, 0.717) is 0 Å². The molecule has 0 atom stereocenters. The van der Waals surface area contributed by atoms with Crippen molar-refractivity contribution in [2.75, 3.05) is 0 Å². The van der Waals surface area contributed by atoms with Crippen LogP contribution in [-0.2, 0) is 0 Å². The van der Waals surface area contributed by atoms with Crippen LogP contribution in [-0.4, -0.2) is 25.7 Å². The summed E-state index contributed by atoms with van der Waals surface area (Å²) in [5.74, 6) is 7.70. The monoisotopic (exact) mass is 1130 g/mol. The average Bonchev–Trinajstić information content (AvgIpc) is 3.08. The molecule has 3 heterocycles. The largest absolute Gasteiger partial charge is 0.456 e. The molecule has 15 aromatic rings. The van der Waals surface area contributed by atoms with E-state index in [2.05, 4.69) is 343 Å². The summed E-state index contributed by atoms with van der Waals surface area (Å²) in [6.45, 7) is 0. The molecule has 0 unspecified atom stereocenters. The molecule has 0 saturated carbocycles. The number of fused-ring (bicyclic) bond motifs is 6. The molecular weight excluding hydrogens is 1070 g/mol. The van der Waals surface area contributed by atoms with Gasteiger partial charge in [0.1, 0.15) is 11.2 Å². The van der Waals surface area contributed by atoms with Gasteiger partial charge in [-0.3, -0.25) is 0 Å². The molecular formula is C81H54N2OSi2. The molecule has 0 N–H and O–H groups in total. The number of hydrogen-bond donors (Lipinski definition) is 0. The first-order valence-electron chi connectivity index (χ1n) is 29.2. The lowest BCUT2D eigenvalue weighted by Crippen LogP contribution is -2.66. The first-order valence-corrected chi connectivity index (χ1v) is 33.2. The Morgan fingerprint density at radius 2 is 0.628 bits per heavy atom. The van der Waals surface area contributed by atoms with E-state index < -0.39 is 16.1 Å². The Morgan fingerprint density at radius 1 is 0.279 bits per heavy atom. The average molecular weight is 1130 g/mol. The van der Waals surface area contributed by atoms with Gasteiger partial charge in [0.15, 0.2) is 0 Å². The fourth-order valence-electron chi connectivity index (χ4n) is 12.6. The van der Waals surface area contributed by atoms with Crippen molar-refractivity contribution in [2.24, 2.45) is 0 Å². The minimum atomic E-state index is -2.89. The molecule has 0 amide bonds. The van der Waals surface area contributed by atoms with Crippen molar-refractivity contribution in [1.82, 2.24) is 9.55 Å². The maximum absolute atomic E-state index is 6.66. The Labute approximate surface area is 502 Å². The fourth-order valence-corrected chi connectivity index (χ4v) is 20.3. The Kier molecular flexibility index (Phi) is 13.4. The normalized spacial score (nSPS) is 11.5. The summed E-state index contributed by atoms with van der Waals surface area (Å²) in [5, 5.41) is 11.7. The zero-order chi connectivity index (χ0) is 57.3. The number of furan rings is 1. The van der Waals surface area contributed by atoms with Gasteiger partial charge >= 0.3 is 0 Å². The molecule has 0 bridgehead atoms. The summed E-state index contributed by atoms with van der Waals surface area (Å²) in [6, 6.07) is 117. The van der Waals surface area contributed by atoms with Gasteiger partial charge in [-0.25, -0.2) is 4.98 Å². The van der Waals surface area contributed by atoms with E-state index in [-0.39, 0.29) is 0 Å². The quantitative estimate of drug-likeness (QED) is 0.0776. The van der Waals surface area contributed by atoms with Crippen molar-refractivity contribution in [1.29, 1.82) is 0 Å². The van der Waals surface area contributed by atoms with Gasteiger partial charge in [0.05, 0.1) is 22.4 Å². The van der Waals surface area contributed by atoms with E-state index in [0.717, 1.165) is 94.2 Å². The van der Waals surface area contributed by atoms with E-state index in [9.17, 15) is 0 Å². The molecule has 12 aromatic carbocycles. The zero-order valence-corrected chi connectivity index (χ0v) is 49.0. The van der Waals surface area contributed by atoms with Crippen LogP contribution in [0, 0.1) is 22.9 Å². The van der Waals surface area contributed by atoms with Gasteiger partial charge in [0.25, 0.3) is 0 Å². The molecule has 0 aliphatic carbocycles. The van der Waals surface area contributed by atoms with Crippen LogP contribution in [0.5, 0.6) is 0 Å². The lowest BCUT2D eigenvalue weighted by molar-refractivity contribution is 0.669. The van der Waals surface area contributed by atoms with E-state index in [1.165, 1.54) is 31.1 Å². The van der Waals surface area contributed by atoms with E-state index in [1.807, 2.05) is 12.1 Å². The second-order valence-corrected chi connectivity index (χ2v) is 28.8. The lowest BCUT2D eigenvalue weighted by atomic mass is 9.98. The second kappa shape index (κ2) is 22.3. The van der Waals surface area contributed by atoms with Crippen LogP contribution in [0.2, 0.25) is 0 Å². The highest BCUT2D eigenvalue weighted by Crippen LogP contribution is 2.39. The van der Waals surface area contributed by atoms with Crippen molar-refractivity contribution < 1.29 is 4.42 Å². The molecule has 3 aromatic heterocycles. The SMILES string of the molecule is C(#C[Si](c1ccccc1)(c1ccccc1)c1ccccc1)c1ccc2c(c1)c1cc(C#C[Si](c3ccccc3)(c3ccccc3)c3ccccc3)ccc1n2-c1ccc2oc3ccc(-c4cc(-c5ccccc5)nc(-c5ccccc5)c4)cc3c2c1. The van der Waals surface area contributed by atoms with Gasteiger partial charge in [0.2, 0.25) is 16.1 Å². The number of pyridine rings is 1. The molecule has 0 radical (unpaired) electrons. The number of aromatic nitrogens is 2. The zero-order valence-electron chi connectivity index (χ0n) is 47.0. The minimum Gasteiger partial charge on any atom is -0.456 e. The number of hydrogen-bond acceptors (Lipinski definition) is 2. The summed E-state index contributed by atoms with van der Waals surface area (Å²) in [5.41, 5.74) is 21.0. The van der Waals surface area contributed by atoms with Crippen LogP contribution in [0.1, 0.15) is 11.1 Å². The lowest BCUT2D eigenvalue weighted by Gasteiger charge is -2.28. The Morgan fingerprint density at radius 3 is 1.01 bits per heavy atom. The van der Waals surface area contributed by atoms with Gasteiger partial charge in [-0.15, -0.1) is 11.1 Å². The summed E-state index contributed by atoms with van der Waals surface area (Å²) in [6.07, 6.45) is 0. The molecule has 0 spiro atoms. The predicted molar refractivity (Wildman–Crippen MR) is 364 cm³/mol. The van der Waals surface area contributed by atoms with Crippen LogP contribution >= 0.6 is 0 Å². The highest BCUT2D eigenvalue weighted by Gasteiger charge is 2.39. The first-order chi connectivity index (χ1) is 42.6. The van der Waals surface area contributed by atoms with Gasteiger partial charge in [-0.05, 0) is 121 Å². The van der Waals surface area contributed by atoms with Crippen molar-refractivity contribution in [3.05, 3.63) is 339 Å². The standard InChI is InChI=1S/C81H54N2OSi2/c1-9-25-61(26-10-1)76-56-64(57-77(82-76)62-27-11-2-12-28-62)63-43-47-80-74(55-63)75-58-65(44-48-81(75)84-80)83-78-45-41-59(49-51-85(66-29-13-3-14-30-66,67-31-15-4-16-32-67)68-33-17-5-18-34-68)53-72(78)73-54-60(42-46-79(73)83)50-52-86(69-35-19-6-20-36-69,70-37-21-7-22-38-70)71-39-23-8-24-40-71/h1-48,53-58H. The van der Waals surface area contributed by atoms with Crippen molar-refractivity contribution >= 4 is 91.0 Å². The molecule has 5 heteroatoms. The summed E-state index contributed by atoms with van der Waals surface area (Å²) < 4.78 is 9.06. The maximum atomic E-state index is 6.66. The first kappa shape index (κ1) is 51.8. The molecule has 0 aliphatic heterocycles. The van der Waals surface area contributed by atoms with Gasteiger partial charge in [0, 0.05) is 49.5 Å². The fraction of sp³-hybridized carbons (Fsp3) is 0. The number of nitrogens with zero attached hydrogens (tertiary/aromatic N) is 2. The summed E-state index contributed by atoms with van der Waals surface area (Å²) >= 11 is 0. The highest BCUT2D eigenvalue weighted by atomic mass is 28.3. The number of benzene rings is 12. The van der Waals surface area contributed by atoms with Gasteiger partial charge < -0.3 is 8.98 Å². The third-order valence-corrected chi connectivity index (χ3v) is 25.0. The summed E-state index contributed by atoms with van der Waals surface area (Å²) in [4.78, 5) is 5.19. The Balaban J connectivity index is 0.927. The molecule has 86 heavy (non-hydrogen) atoms. The van der Waals surface area contributed by atoms with Crippen LogP contribution in [0.3, 0.4) is 0 Å². The Hall–Kier alpha value is -11.1. The maximum Gasteiger partial charge on any atom is 0.230 e. The molecule has 0 saturated heterocycles. The van der Waals surface area contributed by atoms with E-state index >= 15 is 0 Å². The predicted octanol–water partition coefficient (Wildman–Crippen LogP) is 15.2. The van der Waals surface area contributed by atoms with Crippen LogP contribution in [0.4, 0.5) is 0 Å². The molecule has 0 aliphatic rings. The molecule has 3 nitrogen and oxygen atoms in total. The van der Waals surface area contributed by atoms with Gasteiger partial charge in [-0.2, -0.15) is 0 Å². The topological polar surface area (TPSA) is 31.0 Å². The number of rotatable bonds is 10. The summed E-state index contributed by atoms with van der Waals surface area (Å²) in [7, 11) is -5.79. The third-order valence-electron chi connectivity index (χ3n) is 16.8. The third kappa shape index (κ3) is 9.35. The molecule has 15 rings (SSSR count). The smallest absolute Gasteiger partial charge is 0.230 e. The van der Waals surface area contributed by atoms with Crippen LogP contribution in [0.15, 0.2) is 332 Å². The Bertz CT molecular complexity index is 4630. The van der Waals surface area contributed by atoms with Crippen LogP contribution < -0.4 is 31.1 Å². The minimum absolute atomic E-state index is 0.826. The van der Waals surface area contributed by atoms with E-state index in [1.54, 1.807) is 0 Å².